The molecule has 0 unspecified atom stereocenters. The highest BCUT2D eigenvalue weighted by atomic mass is 19.3. The molecule has 2 fully saturated rings. The van der Waals surface area contributed by atoms with Gasteiger partial charge in [0.15, 0.2) is 6.10 Å². The lowest BCUT2D eigenvalue weighted by Gasteiger charge is -2.43. The van der Waals surface area contributed by atoms with Gasteiger partial charge in [-0.3, -0.25) is 0 Å². The molecule has 1 atom stereocenters. The van der Waals surface area contributed by atoms with E-state index in [2.05, 4.69) is 24.6 Å². The van der Waals surface area contributed by atoms with Crippen LogP contribution in [0.25, 0.3) is 22.4 Å². The summed E-state index contributed by atoms with van der Waals surface area (Å²) in [5, 5.41) is 0.892. The first kappa shape index (κ1) is 21.5. The minimum atomic E-state index is -4.33. The number of imidazole rings is 1. The standard InChI is InChI=1S/C21H22F4N6O2/c1-12-27-15(11-29(12)2)14-9-13-16(3-4-26-18(13)28-14)30-5-7-31(8-6-30)19(32)33-17-10-20(22,23)21(17,24)25/h3-4,9,11,17H,5-8,10H2,1-2H3,(H,26,28)/t17-/m1/s1. The average Bonchev–Trinajstić information content (AvgIpc) is 3.36. The quantitative estimate of drug-likeness (QED) is 0.597. The molecule has 4 heterocycles. The Balaban J connectivity index is 1.27. The van der Waals surface area contributed by atoms with Crippen molar-refractivity contribution in [2.45, 2.75) is 31.3 Å². The number of halogens is 4. The van der Waals surface area contributed by atoms with Gasteiger partial charge in [-0.1, -0.05) is 0 Å². The zero-order valence-electron chi connectivity index (χ0n) is 18.0. The minimum Gasteiger partial charge on any atom is -0.439 e. The van der Waals surface area contributed by atoms with E-state index in [4.69, 9.17) is 0 Å². The number of carbonyl (C=O) groups is 1. The molecule has 0 radical (unpaired) electrons. The highest BCUT2D eigenvalue weighted by molar-refractivity contribution is 5.93. The number of pyridine rings is 1. The minimum absolute atomic E-state index is 0.216. The zero-order chi connectivity index (χ0) is 23.5. The molecule has 0 aromatic carbocycles. The average molecular weight is 466 g/mol. The van der Waals surface area contributed by atoms with Gasteiger partial charge in [0.05, 0.1) is 12.1 Å². The lowest BCUT2D eigenvalue weighted by Crippen LogP contribution is -2.64. The van der Waals surface area contributed by atoms with Crippen LogP contribution in [0.4, 0.5) is 28.0 Å². The Kier molecular flexibility index (Phi) is 4.80. The fourth-order valence-corrected chi connectivity index (χ4v) is 4.16. The summed E-state index contributed by atoms with van der Waals surface area (Å²) in [6.07, 6.45) is -0.644. The van der Waals surface area contributed by atoms with Gasteiger partial charge in [-0.2, -0.15) is 17.6 Å². The number of alkyl halides is 4. The Morgan fingerprint density at radius 3 is 2.55 bits per heavy atom. The summed E-state index contributed by atoms with van der Waals surface area (Å²) >= 11 is 0. The molecule has 1 aliphatic carbocycles. The lowest BCUT2D eigenvalue weighted by atomic mass is 9.85. The molecule has 1 saturated carbocycles. The predicted octanol–water partition coefficient (Wildman–Crippen LogP) is 3.57. The van der Waals surface area contributed by atoms with Crippen molar-refractivity contribution >= 4 is 22.8 Å². The number of carbonyl (C=O) groups excluding carboxylic acids is 1. The molecular weight excluding hydrogens is 444 g/mol. The fourth-order valence-electron chi connectivity index (χ4n) is 4.16. The number of piperazine rings is 1. The molecule has 33 heavy (non-hydrogen) atoms. The van der Waals surface area contributed by atoms with E-state index in [-0.39, 0.29) is 13.1 Å². The number of amides is 1. The van der Waals surface area contributed by atoms with Crippen LogP contribution in [-0.2, 0) is 11.8 Å². The van der Waals surface area contributed by atoms with E-state index in [0.29, 0.717) is 18.7 Å². The van der Waals surface area contributed by atoms with Crippen LogP contribution in [0.15, 0.2) is 24.5 Å². The summed E-state index contributed by atoms with van der Waals surface area (Å²) in [6.45, 7) is 3.20. The molecule has 0 spiro atoms. The number of ether oxygens (including phenoxy) is 1. The van der Waals surface area contributed by atoms with Gasteiger partial charge in [0.25, 0.3) is 0 Å². The number of aryl methyl sites for hydroxylation is 2. The predicted molar refractivity (Wildman–Crippen MR) is 112 cm³/mol. The molecule has 1 saturated heterocycles. The number of fused-ring (bicyclic) bond motifs is 1. The monoisotopic (exact) mass is 466 g/mol. The van der Waals surface area contributed by atoms with Crippen molar-refractivity contribution in [2.24, 2.45) is 7.05 Å². The normalized spacial score (nSPS) is 21.8. The van der Waals surface area contributed by atoms with Crippen LogP contribution in [-0.4, -0.2) is 74.6 Å². The second kappa shape index (κ2) is 7.35. The van der Waals surface area contributed by atoms with Gasteiger partial charge in [0.2, 0.25) is 0 Å². The third-order valence-electron chi connectivity index (χ3n) is 6.35. The molecule has 8 nitrogen and oxygen atoms in total. The second-order valence-corrected chi connectivity index (χ2v) is 8.44. The van der Waals surface area contributed by atoms with E-state index in [1.165, 1.54) is 4.90 Å². The van der Waals surface area contributed by atoms with Crippen LogP contribution in [0.1, 0.15) is 12.2 Å². The number of rotatable bonds is 3. The van der Waals surface area contributed by atoms with E-state index in [1.807, 2.05) is 36.9 Å². The summed E-state index contributed by atoms with van der Waals surface area (Å²) in [6, 6.07) is 3.84. The van der Waals surface area contributed by atoms with Gasteiger partial charge < -0.3 is 24.1 Å². The third kappa shape index (κ3) is 3.47. The number of nitrogens with zero attached hydrogens (tertiary/aromatic N) is 5. The lowest BCUT2D eigenvalue weighted by molar-refractivity contribution is -0.330. The number of aromatic nitrogens is 4. The Morgan fingerprint density at radius 2 is 1.94 bits per heavy atom. The molecule has 3 aromatic heterocycles. The molecule has 5 rings (SSSR count). The Morgan fingerprint density at radius 1 is 1.21 bits per heavy atom. The van der Waals surface area contributed by atoms with E-state index in [9.17, 15) is 22.4 Å². The summed E-state index contributed by atoms with van der Waals surface area (Å²) < 4.78 is 59.4. The van der Waals surface area contributed by atoms with Crippen molar-refractivity contribution in [3.8, 4) is 11.4 Å². The SMILES string of the molecule is Cc1nc(-c2cc3c(N4CCN(C(=O)O[C@@H]5CC(F)(F)C5(F)F)CC4)ccnc3[nH]2)cn1C. The zero-order valence-corrected chi connectivity index (χ0v) is 18.0. The number of nitrogens with one attached hydrogen (secondary N) is 1. The molecule has 2 aliphatic rings. The summed E-state index contributed by atoms with van der Waals surface area (Å²) in [5.74, 6) is -7.58. The van der Waals surface area contributed by atoms with Crippen LogP contribution in [0.3, 0.4) is 0 Å². The Hall–Kier alpha value is -3.31. The molecule has 1 N–H and O–H groups in total. The molecule has 1 aliphatic heterocycles. The molecular formula is C21H22F4N6O2. The van der Waals surface area contributed by atoms with Crippen LogP contribution < -0.4 is 4.90 Å². The second-order valence-electron chi connectivity index (χ2n) is 8.44. The van der Waals surface area contributed by atoms with Crippen molar-refractivity contribution in [2.75, 3.05) is 31.1 Å². The first-order chi connectivity index (χ1) is 15.6. The van der Waals surface area contributed by atoms with Crippen molar-refractivity contribution in [1.82, 2.24) is 24.4 Å². The van der Waals surface area contributed by atoms with E-state index in [0.717, 1.165) is 28.3 Å². The van der Waals surface area contributed by atoms with Crippen LogP contribution in [0, 0.1) is 6.92 Å². The maximum Gasteiger partial charge on any atom is 0.410 e. The highest BCUT2D eigenvalue weighted by Crippen LogP contribution is 2.52. The van der Waals surface area contributed by atoms with Gasteiger partial charge in [-0.05, 0) is 19.1 Å². The molecule has 3 aromatic rings. The van der Waals surface area contributed by atoms with Crippen molar-refractivity contribution in [3.05, 3.63) is 30.4 Å². The Bertz CT molecular complexity index is 1200. The van der Waals surface area contributed by atoms with Gasteiger partial charge in [-0.25, -0.2) is 14.8 Å². The molecule has 0 bridgehead atoms. The number of H-pyrrole nitrogens is 1. The number of hydrogen-bond donors (Lipinski definition) is 1. The van der Waals surface area contributed by atoms with Crippen molar-refractivity contribution in [1.29, 1.82) is 0 Å². The van der Waals surface area contributed by atoms with Crippen LogP contribution in [0.5, 0.6) is 0 Å². The number of hydrogen-bond acceptors (Lipinski definition) is 5. The van der Waals surface area contributed by atoms with E-state index < -0.39 is 30.5 Å². The number of aromatic amines is 1. The molecule has 12 heteroatoms. The Labute approximate surface area is 186 Å². The van der Waals surface area contributed by atoms with Crippen molar-refractivity contribution < 1.29 is 27.1 Å². The van der Waals surface area contributed by atoms with Gasteiger partial charge in [-0.15, -0.1) is 0 Å². The topological polar surface area (TPSA) is 79.3 Å². The maximum absolute atomic E-state index is 13.4. The fraction of sp³-hybridized carbons (Fsp3) is 0.476. The van der Waals surface area contributed by atoms with Crippen LogP contribution in [0.2, 0.25) is 0 Å². The molecule has 176 valence electrons. The van der Waals surface area contributed by atoms with Gasteiger partial charge in [0, 0.05) is 56.7 Å². The van der Waals surface area contributed by atoms with Crippen molar-refractivity contribution in [3.63, 3.8) is 0 Å². The van der Waals surface area contributed by atoms with E-state index >= 15 is 0 Å². The summed E-state index contributed by atoms with van der Waals surface area (Å²) in [7, 11) is 1.92. The highest BCUT2D eigenvalue weighted by Gasteiger charge is 2.74. The number of anilines is 1. The molecule has 1 amide bonds. The largest absolute Gasteiger partial charge is 0.439 e. The summed E-state index contributed by atoms with van der Waals surface area (Å²) in [4.78, 5) is 27.8. The van der Waals surface area contributed by atoms with Crippen LogP contribution >= 0.6 is 0 Å². The first-order valence-corrected chi connectivity index (χ1v) is 10.5. The van der Waals surface area contributed by atoms with Gasteiger partial charge >= 0.3 is 17.9 Å². The first-order valence-electron chi connectivity index (χ1n) is 10.5. The maximum atomic E-state index is 13.4. The third-order valence-corrected chi connectivity index (χ3v) is 6.35. The van der Waals surface area contributed by atoms with Gasteiger partial charge in [0.1, 0.15) is 17.2 Å². The smallest absolute Gasteiger partial charge is 0.410 e. The summed E-state index contributed by atoms with van der Waals surface area (Å²) in [5.41, 5.74) is 3.23. The van der Waals surface area contributed by atoms with E-state index in [1.54, 1.807) is 6.20 Å².